The monoisotopic (exact) mass is 497 g/mol. The summed E-state index contributed by atoms with van der Waals surface area (Å²) in [5, 5.41) is 3.16. The van der Waals surface area contributed by atoms with Gasteiger partial charge >= 0.3 is 6.18 Å². The van der Waals surface area contributed by atoms with Gasteiger partial charge in [-0.2, -0.15) is 13.2 Å². The Hall–Kier alpha value is -2.60. The number of hydrogen-bond donors (Lipinski definition) is 1. The summed E-state index contributed by atoms with van der Waals surface area (Å²) in [6.45, 7) is 2.43. The summed E-state index contributed by atoms with van der Waals surface area (Å²) in [5.74, 6) is -0.825. The van der Waals surface area contributed by atoms with Crippen LogP contribution in [0.3, 0.4) is 0 Å². The van der Waals surface area contributed by atoms with E-state index in [2.05, 4.69) is 25.2 Å². The molecule has 1 atom stereocenters. The molecule has 1 saturated heterocycles. The molecule has 2 aromatic heterocycles. The Kier molecular flexibility index (Phi) is 7.23. The number of amides is 1. The van der Waals surface area contributed by atoms with Crippen molar-refractivity contribution in [3.63, 3.8) is 0 Å². The van der Waals surface area contributed by atoms with Crippen molar-refractivity contribution in [2.75, 3.05) is 32.8 Å². The van der Waals surface area contributed by atoms with Crippen LogP contribution in [0.1, 0.15) is 27.0 Å². The topological polar surface area (TPSA) is 80.2 Å². The molecule has 1 fully saturated rings. The largest absolute Gasteiger partial charge is 0.435 e. The number of nitrogens with zero attached hydrogens (tertiary/aromatic N) is 4. The molecule has 0 spiro atoms. The van der Waals surface area contributed by atoms with E-state index in [-0.39, 0.29) is 23.4 Å². The van der Waals surface area contributed by atoms with Crippen LogP contribution in [0, 0.1) is 0 Å². The lowest BCUT2D eigenvalue weighted by Gasteiger charge is -2.35. The Balaban J connectivity index is 1.58. The molecule has 0 bridgehead atoms. The first-order valence-electron chi connectivity index (χ1n) is 10.0. The fourth-order valence-electron chi connectivity index (χ4n) is 3.47. The SMILES string of the molecule is O=C(NCC(c1ccc(Cl)cc1)N1CCOCC1)c1sc(-c2ncccn2)nc1C(F)(F)F. The van der Waals surface area contributed by atoms with Gasteiger partial charge < -0.3 is 10.1 Å². The standard InChI is InChI=1S/C21H19ClF3N5O2S/c22-14-4-2-13(3-5-14)15(30-8-10-32-11-9-30)12-28-19(31)16-17(21(23,24)25)29-20(33-16)18-26-6-1-7-27-18/h1-7,15H,8-12H2,(H,28,31). The molecule has 33 heavy (non-hydrogen) atoms. The van der Waals surface area contributed by atoms with Gasteiger partial charge in [0.1, 0.15) is 4.88 Å². The molecule has 1 aromatic carbocycles. The van der Waals surface area contributed by atoms with Crippen LogP contribution in [0.5, 0.6) is 0 Å². The smallest absolute Gasteiger partial charge is 0.379 e. The maximum Gasteiger partial charge on any atom is 0.435 e. The van der Waals surface area contributed by atoms with E-state index in [4.69, 9.17) is 16.3 Å². The van der Waals surface area contributed by atoms with E-state index >= 15 is 0 Å². The molecule has 1 aliphatic heterocycles. The molecule has 3 heterocycles. The van der Waals surface area contributed by atoms with E-state index in [1.54, 1.807) is 12.1 Å². The highest BCUT2D eigenvalue weighted by atomic mass is 35.5. The molecule has 1 amide bonds. The maximum atomic E-state index is 13.6. The molecule has 4 rings (SSSR count). The zero-order valence-corrected chi connectivity index (χ0v) is 18.8. The van der Waals surface area contributed by atoms with Crippen molar-refractivity contribution in [1.29, 1.82) is 0 Å². The lowest BCUT2D eigenvalue weighted by molar-refractivity contribution is -0.141. The van der Waals surface area contributed by atoms with E-state index in [9.17, 15) is 18.0 Å². The predicted molar refractivity (Wildman–Crippen MR) is 117 cm³/mol. The van der Waals surface area contributed by atoms with Crippen LogP contribution in [-0.2, 0) is 10.9 Å². The predicted octanol–water partition coefficient (Wildman–Crippen LogP) is 4.08. The van der Waals surface area contributed by atoms with Crippen LogP contribution in [0.15, 0.2) is 42.7 Å². The highest BCUT2D eigenvalue weighted by molar-refractivity contribution is 7.17. The lowest BCUT2D eigenvalue weighted by Crippen LogP contribution is -2.43. The van der Waals surface area contributed by atoms with Crippen LogP contribution in [-0.4, -0.2) is 58.6 Å². The number of alkyl halides is 3. The average Bonchev–Trinajstić information content (AvgIpc) is 3.28. The minimum Gasteiger partial charge on any atom is -0.379 e. The third-order valence-electron chi connectivity index (χ3n) is 5.06. The van der Waals surface area contributed by atoms with Gasteiger partial charge in [0, 0.05) is 37.1 Å². The Morgan fingerprint density at radius 1 is 1.18 bits per heavy atom. The number of hydrogen-bond acceptors (Lipinski definition) is 7. The third-order valence-corrected chi connectivity index (χ3v) is 6.36. The van der Waals surface area contributed by atoms with Gasteiger partial charge in [-0.1, -0.05) is 23.7 Å². The molecule has 1 N–H and O–H groups in total. The van der Waals surface area contributed by atoms with Gasteiger partial charge in [0.05, 0.1) is 19.3 Å². The zero-order valence-electron chi connectivity index (χ0n) is 17.2. The van der Waals surface area contributed by atoms with Gasteiger partial charge in [0.15, 0.2) is 16.5 Å². The molecule has 1 unspecified atom stereocenters. The van der Waals surface area contributed by atoms with Crippen molar-refractivity contribution >= 4 is 28.8 Å². The van der Waals surface area contributed by atoms with E-state index < -0.39 is 22.7 Å². The second-order valence-corrected chi connectivity index (χ2v) is 8.63. The van der Waals surface area contributed by atoms with Crippen LogP contribution >= 0.6 is 22.9 Å². The molecule has 0 radical (unpaired) electrons. The Morgan fingerprint density at radius 3 is 2.48 bits per heavy atom. The van der Waals surface area contributed by atoms with Gasteiger partial charge in [-0.15, -0.1) is 11.3 Å². The molecular weight excluding hydrogens is 479 g/mol. The molecule has 3 aromatic rings. The van der Waals surface area contributed by atoms with Gasteiger partial charge in [-0.25, -0.2) is 15.0 Å². The summed E-state index contributed by atoms with van der Waals surface area (Å²) in [4.78, 5) is 26.0. The van der Waals surface area contributed by atoms with Gasteiger partial charge in [-0.3, -0.25) is 9.69 Å². The molecule has 174 valence electrons. The number of benzene rings is 1. The number of ether oxygens (including phenoxy) is 1. The van der Waals surface area contributed by atoms with Crippen molar-refractivity contribution in [3.8, 4) is 10.8 Å². The number of morpholine rings is 1. The summed E-state index contributed by atoms with van der Waals surface area (Å²) in [7, 11) is 0. The molecule has 1 aliphatic rings. The summed E-state index contributed by atoms with van der Waals surface area (Å²) >= 11 is 6.61. The summed E-state index contributed by atoms with van der Waals surface area (Å²) in [5.41, 5.74) is -0.359. The lowest BCUT2D eigenvalue weighted by atomic mass is 10.0. The number of carbonyl (C=O) groups is 1. The number of aromatic nitrogens is 3. The van der Waals surface area contributed by atoms with E-state index in [0.29, 0.717) is 42.7 Å². The summed E-state index contributed by atoms with van der Waals surface area (Å²) in [6, 6.07) is 8.44. The molecule has 0 saturated carbocycles. The molecule has 0 aliphatic carbocycles. The minimum absolute atomic E-state index is 0.0272. The quantitative estimate of drug-likeness (QED) is 0.553. The van der Waals surface area contributed by atoms with Crippen LogP contribution in [0.2, 0.25) is 5.02 Å². The number of nitrogens with one attached hydrogen (secondary N) is 1. The zero-order chi connectivity index (χ0) is 23.4. The number of rotatable bonds is 6. The highest BCUT2D eigenvalue weighted by Gasteiger charge is 2.40. The van der Waals surface area contributed by atoms with Crippen LogP contribution < -0.4 is 5.32 Å². The van der Waals surface area contributed by atoms with Gasteiger partial charge in [0.2, 0.25) is 0 Å². The molecule has 7 nitrogen and oxygen atoms in total. The van der Waals surface area contributed by atoms with Crippen LogP contribution in [0.4, 0.5) is 13.2 Å². The van der Waals surface area contributed by atoms with Gasteiger partial charge in [0.25, 0.3) is 5.91 Å². The Morgan fingerprint density at radius 2 is 1.85 bits per heavy atom. The Labute approximate surface area is 196 Å². The third kappa shape index (κ3) is 5.67. The first-order chi connectivity index (χ1) is 15.8. The van der Waals surface area contributed by atoms with Crippen molar-refractivity contribution in [2.45, 2.75) is 12.2 Å². The highest BCUT2D eigenvalue weighted by Crippen LogP contribution is 2.37. The van der Waals surface area contributed by atoms with E-state index in [1.165, 1.54) is 18.5 Å². The first kappa shape index (κ1) is 23.6. The van der Waals surface area contributed by atoms with E-state index in [0.717, 1.165) is 5.56 Å². The number of thiazole rings is 1. The van der Waals surface area contributed by atoms with Crippen molar-refractivity contribution in [1.82, 2.24) is 25.2 Å². The van der Waals surface area contributed by atoms with Crippen molar-refractivity contribution in [3.05, 3.63) is 63.9 Å². The van der Waals surface area contributed by atoms with Gasteiger partial charge in [-0.05, 0) is 23.8 Å². The number of carbonyl (C=O) groups excluding carboxylic acids is 1. The summed E-state index contributed by atoms with van der Waals surface area (Å²) < 4.78 is 46.3. The molecular formula is C21H19ClF3N5O2S. The second-order valence-electron chi connectivity index (χ2n) is 7.19. The van der Waals surface area contributed by atoms with E-state index in [1.807, 2.05) is 12.1 Å². The fraction of sp³-hybridized carbons (Fsp3) is 0.333. The number of halogens is 4. The average molecular weight is 498 g/mol. The normalized spacial score (nSPS) is 15.9. The first-order valence-corrected chi connectivity index (χ1v) is 11.2. The maximum absolute atomic E-state index is 13.6. The fourth-order valence-corrected chi connectivity index (χ4v) is 4.55. The minimum atomic E-state index is -4.80. The Bertz CT molecular complexity index is 1090. The second kappa shape index (κ2) is 10.1. The van der Waals surface area contributed by atoms with Crippen LogP contribution in [0.25, 0.3) is 10.8 Å². The summed E-state index contributed by atoms with van der Waals surface area (Å²) in [6.07, 6.45) is -2.00. The van der Waals surface area contributed by atoms with Crippen molar-refractivity contribution in [2.24, 2.45) is 0 Å². The molecule has 12 heteroatoms. The van der Waals surface area contributed by atoms with Crippen molar-refractivity contribution < 1.29 is 22.7 Å².